The molecule has 0 atom stereocenters. The fourth-order valence-corrected chi connectivity index (χ4v) is 2.80. The molecule has 0 spiro atoms. The predicted molar refractivity (Wildman–Crippen MR) is 102 cm³/mol. The van der Waals surface area contributed by atoms with E-state index in [-0.39, 0.29) is 12.5 Å². The number of benzene rings is 1. The van der Waals surface area contributed by atoms with Gasteiger partial charge in [0, 0.05) is 20.1 Å². The van der Waals surface area contributed by atoms with E-state index < -0.39 is 5.60 Å². The average molecular weight is 343 g/mol. The van der Waals surface area contributed by atoms with E-state index in [0.29, 0.717) is 0 Å². The van der Waals surface area contributed by atoms with Gasteiger partial charge < -0.3 is 15.0 Å². The zero-order chi connectivity index (χ0) is 18.3. The molecule has 0 aliphatic carbocycles. The number of nitrogens with zero attached hydrogens (tertiary/aromatic N) is 2. The Morgan fingerprint density at radius 1 is 1.24 bits per heavy atom. The van der Waals surface area contributed by atoms with Gasteiger partial charge in [-0.1, -0.05) is 42.0 Å². The largest absolute Gasteiger partial charge is 0.459 e. The molecule has 1 fully saturated rings. The lowest BCUT2D eigenvalue weighted by Crippen LogP contribution is -2.46. The van der Waals surface area contributed by atoms with Gasteiger partial charge in [-0.2, -0.15) is 0 Å². The van der Waals surface area contributed by atoms with Crippen LogP contribution in [0.3, 0.4) is 0 Å². The summed E-state index contributed by atoms with van der Waals surface area (Å²) in [5.74, 6) is 0.486. The first-order valence-electron chi connectivity index (χ1n) is 8.79. The highest BCUT2D eigenvalue weighted by atomic mass is 16.6. The minimum absolute atomic E-state index is 0.132. The standard InChI is InChI=1S/C20H29N3O2/c1-20(2,3)25-18(24)15-22-19(21-4)23-12-10-17(11-13-23)14-16-8-6-5-7-9-16/h5-9,14H,10-13,15H2,1-4H3,(H,21,22). The van der Waals surface area contributed by atoms with Gasteiger partial charge in [0.05, 0.1) is 0 Å². The number of nitrogens with one attached hydrogen (secondary N) is 1. The van der Waals surface area contributed by atoms with Crippen molar-refractivity contribution in [3.63, 3.8) is 0 Å². The van der Waals surface area contributed by atoms with Crippen LogP contribution in [0.15, 0.2) is 40.9 Å². The first kappa shape index (κ1) is 19.0. The Bertz CT molecular complexity index is 620. The molecule has 5 nitrogen and oxygen atoms in total. The van der Waals surface area contributed by atoms with Crippen LogP contribution in [0, 0.1) is 0 Å². The number of likely N-dealkylation sites (tertiary alicyclic amines) is 1. The monoisotopic (exact) mass is 343 g/mol. The third-order valence-electron chi connectivity index (χ3n) is 3.90. The van der Waals surface area contributed by atoms with E-state index in [4.69, 9.17) is 4.74 Å². The first-order valence-corrected chi connectivity index (χ1v) is 8.79. The molecule has 25 heavy (non-hydrogen) atoms. The fraction of sp³-hybridized carbons (Fsp3) is 0.500. The van der Waals surface area contributed by atoms with E-state index in [1.807, 2.05) is 26.8 Å². The maximum absolute atomic E-state index is 11.8. The molecular formula is C20H29N3O2. The molecule has 0 saturated carbocycles. The molecule has 2 rings (SSSR count). The van der Waals surface area contributed by atoms with Crippen molar-refractivity contribution >= 4 is 18.0 Å². The van der Waals surface area contributed by atoms with E-state index >= 15 is 0 Å². The summed E-state index contributed by atoms with van der Waals surface area (Å²) in [6, 6.07) is 10.4. The van der Waals surface area contributed by atoms with Crippen LogP contribution in [0.4, 0.5) is 0 Å². The zero-order valence-corrected chi connectivity index (χ0v) is 15.7. The maximum atomic E-state index is 11.8. The van der Waals surface area contributed by atoms with Crippen molar-refractivity contribution < 1.29 is 9.53 Å². The summed E-state index contributed by atoms with van der Waals surface area (Å²) in [5.41, 5.74) is 2.23. The summed E-state index contributed by atoms with van der Waals surface area (Å²) < 4.78 is 5.32. The second-order valence-corrected chi connectivity index (χ2v) is 7.19. The molecule has 0 unspecified atom stereocenters. The van der Waals surface area contributed by atoms with Crippen molar-refractivity contribution in [3.8, 4) is 0 Å². The van der Waals surface area contributed by atoms with Crippen molar-refractivity contribution in [1.82, 2.24) is 10.2 Å². The number of guanidine groups is 1. The highest BCUT2D eigenvalue weighted by Gasteiger charge is 2.20. The third kappa shape index (κ3) is 6.61. The Labute approximate surface area is 150 Å². The molecule has 0 aromatic heterocycles. The topological polar surface area (TPSA) is 53.9 Å². The Balaban J connectivity index is 1.84. The van der Waals surface area contributed by atoms with Gasteiger partial charge in [0.1, 0.15) is 12.1 Å². The number of aliphatic imine (C=N–C) groups is 1. The lowest BCUT2D eigenvalue weighted by Gasteiger charge is -2.31. The van der Waals surface area contributed by atoms with E-state index in [1.165, 1.54) is 11.1 Å². The molecule has 1 aromatic carbocycles. The molecule has 1 aromatic rings. The molecule has 1 heterocycles. The SMILES string of the molecule is CN=C(NCC(=O)OC(C)(C)C)N1CCC(=Cc2ccccc2)CC1. The normalized spacial score (nSPS) is 15.8. The summed E-state index contributed by atoms with van der Waals surface area (Å²) >= 11 is 0. The number of carbonyl (C=O) groups excluding carboxylic acids is 1. The van der Waals surface area contributed by atoms with E-state index in [1.54, 1.807) is 7.05 Å². The average Bonchev–Trinajstić information content (AvgIpc) is 2.56. The van der Waals surface area contributed by atoms with E-state index in [2.05, 4.69) is 45.6 Å². The molecule has 136 valence electrons. The van der Waals surface area contributed by atoms with Crippen LogP contribution in [-0.4, -0.2) is 49.1 Å². The zero-order valence-electron chi connectivity index (χ0n) is 15.7. The van der Waals surface area contributed by atoms with Crippen molar-refractivity contribution in [3.05, 3.63) is 41.5 Å². The summed E-state index contributed by atoms with van der Waals surface area (Å²) in [5, 5.41) is 3.11. The van der Waals surface area contributed by atoms with Crippen LogP contribution in [0.25, 0.3) is 6.08 Å². The van der Waals surface area contributed by atoms with Gasteiger partial charge in [-0.3, -0.25) is 9.79 Å². The lowest BCUT2D eigenvalue weighted by atomic mass is 10.0. The van der Waals surface area contributed by atoms with E-state index in [0.717, 1.165) is 31.9 Å². The van der Waals surface area contributed by atoms with Crippen LogP contribution >= 0.6 is 0 Å². The molecule has 1 aliphatic rings. The second kappa shape index (κ2) is 8.70. The molecule has 1 aliphatic heterocycles. The first-order chi connectivity index (χ1) is 11.9. The molecular weight excluding hydrogens is 314 g/mol. The fourth-order valence-electron chi connectivity index (χ4n) is 2.80. The van der Waals surface area contributed by atoms with Gasteiger partial charge in [0.15, 0.2) is 5.96 Å². The molecule has 0 radical (unpaired) electrons. The van der Waals surface area contributed by atoms with Gasteiger partial charge >= 0.3 is 5.97 Å². The summed E-state index contributed by atoms with van der Waals surface area (Å²) in [7, 11) is 1.74. The minimum atomic E-state index is -0.468. The number of hydrogen-bond acceptors (Lipinski definition) is 3. The van der Waals surface area contributed by atoms with Gasteiger partial charge in [-0.05, 0) is 39.2 Å². The lowest BCUT2D eigenvalue weighted by molar-refractivity contribution is -0.153. The third-order valence-corrected chi connectivity index (χ3v) is 3.90. The minimum Gasteiger partial charge on any atom is -0.459 e. The predicted octanol–water partition coefficient (Wildman–Crippen LogP) is 3.08. The smallest absolute Gasteiger partial charge is 0.325 e. The highest BCUT2D eigenvalue weighted by Crippen LogP contribution is 2.19. The van der Waals surface area contributed by atoms with Crippen LogP contribution in [-0.2, 0) is 9.53 Å². The molecule has 1 N–H and O–H groups in total. The van der Waals surface area contributed by atoms with Crippen LogP contribution < -0.4 is 5.32 Å². The Kier molecular flexibility index (Phi) is 6.62. The van der Waals surface area contributed by atoms with Crippen LogP contribution in [0.2, 0.25) is 0 Å². The number of ether oxygens (including phenoxy) is 1. The van der Waals surface area contributed by atoms with Gasteiger partial charge in [-0.25, -0.2) is 0 Å². The van der Waals surface area contributed by atoms with Gasteiger partial charge in [-0.15, -0.1) is 0 Å². The second-order valence-electron chi connectivity index (χ2n) is 7.19. The van der Waals surface area contributed by atoms with Crippen LogP contribution in [0.1, 0.15) is 39.2 Å². The van der Waals surface area contributed by atoms with Crippen LogP contribution in [0.5, 0.6) is 0 Å². The Morgan fingerprint density at radius 3 is 2.44 bits per heavy atom. The molecule has 0 amide bonds. The van der Waals surface area contributed by atoms with Crippen molar-refractivity contribution in [2.75, 3.05) is 26.7 Å². The summed E-state index contributed by atoms with van der Waals surface area (Å²) in [6.07, 6.45) is 4.28. The Hall–Kier alpha value is -2.30. The summed E-state index contributed by atoms with van der Waals surface area (Å²) in [4.78, 5) is 18.3. The number of hydrogen-bond donors (Lipinski definition) is 1. The number of esters is 1. The van der Waals surface area contributed by atoms with E-state index in [9.17, 15) is 4.79 Å². The number of carbonyl (C=O) groups is 1. The Morgan fingerprint density at radius 2 is 1.88 bits per heavy atom. The molecule has 5 heteroatoms. The molecule has 1 saturated heterocycles. The van der Waals surface area contributed by atoms with Gasteiger partial charge in [0.25, 0.3) is 0 Å². The quantitative estimate of drug-likeness (QED) is 0.521. The number of rotatable bonds is 3. The van der Waals surface area contributed by atoms with Crippen molar-refractivity contribution in [1.29, 1.82) is 0 Å². The highest BCUT2D eigenvalue weighted by molar-refractivity contribution is 5.84. The molecule has 0 bridgehead atoms. The summed E-state index contributed by atoms with van der Waals surface area (Å²) in [6.45, 7) is 7.52. The maximum Gasteiger partial charge on any atom is 0.325 e. The van der Waals surface area contributed by atoms with Crippen molar-refractivity contribution in [2.45, 2.75) is 39.2 Å². The number of piperidine rings is 1. The van der Waals surface area contributed by atoms with Gasteiger partial charge in [0.2, 0.25) is 0 Å². The van der Waals surface area contributed by atoms with Crippen molar-refractivity contribution in [2.24, 2.45) is 4.99 Å².